The largest absolute Gasteiger partial charge is 0.381 e. The molecule has 3 N–H and O–H groups in total. The molecule has 1 heterocycles. The summed E-state index contributed by atoms with van der Waals surface area (Å²) in [5.41, 5.74) is 6.79. The number of carbonyl (C=O) groups excluding carboxylic acids is 1. The van der Waals surface area contributed by atoms with E-state index in [1.54, 1.807) is 6.92 Å². The Hall–Kier alpha value is -0.620. The predicted molar refractivity (Wildman–Crippen MR) is 89.8 cm³/mol. The fraction of sp³-hybridized carbons (Fsp3) is 0.533. The summed E-state index contributed by atoms with van der Waals surface area (Å²) in [5.74, 6) is -0.106. The van der Waals surface area contributed by atoms with Crippen LogP contribution < -0.4 is 11.1 Å². The number of halogens is 2. The first kappa shape index (κ1) is 18.4. The Morgan fingerprint density at radius 1 is 1.48 bits per heavy atom. The number of nitrogens with two attached hydrogens (primary N) is 1. The van der Waals surface area contributed by atoms with Gasteiger partial charge >= 0.3 is 0 Å². The number of benzene rings is 1. The third kappa shape index (κ3) is 4.68. The highest BCUT2D eigenvalue weighted by Gasteiger charge is 2.35. The Morgan fingerprint density at radius 3 is 2.71 bits per heavy atom. The minimum Gasteiger partial charge on any atom is -0.381 e. The second-order valence-electron chi connectivity index (χ2n) is 5.41. The van der Waals surface area contributed by atoms with Crippen molar-refractivity contribution in [3.8, 4) is 0 Å². The molecule has 0 spiro atoms. The van der Waals surface area contributed by atoms with Crippen molar-refractivity contribution in [1.82, 2.24) is 5.32 Å². The first-order chi connectivity index (χ1) is 9.53. The van der Waals surface area contributed by atoms with Crippen molar-refractivity contribution in [1.29, 1.82) is 0 Å². The SMILES string of the molecule is C[C@@H](N)C(=O)NCC1(c2cccc(Br)c2)CCOCC1.Cl. The molecular formula is C15H22BrClN2O2. The molecule has 1 atom stereocenters. The maximum atomic E-state index is 11.7. The minimum atomic E-state index is -0.477. The first-order valence-corrected chi connectivity index (χ1v) is 7.70. The van der Waals surface area contributed by atoms with Crippen molar-refractivity contribution < 1.29 is 9.53 Å². The van der Waals surface area contributed by atoms with Gasteiger partial charge in [-0.2, -0.15) is 0 Å². The standard InChI is InChI=1S/C15H21BrN2O2.ClH/c1-11(17)14(19)18-10-15(5-7-20-8-6-15)12-3-2-4-13(16)9-12;/h2-4,9,11H,5-8,10,17H2,1H3,(H,18,19);1H/t11-;/m1./s1. The lowest BCUT2D eigenvalue weighted by molar-refractivity contribution is -0.122. The van der Waals surface area contributed by atoms with Crippen LogP contribution in [0.5, 0.6) is 0 Å². The summed E-state index contributed by atoms with van der Waals surface area (Å²) in [6, 6.07) is 7.81. The lowest BCUT2D eigenvalue weighted by atomic mass is 9.74. The van der Waals surface area contributed by atoms with Crippen LogP contribution in [0.15, 0.2) is 28.7 Å². The van der Waals surface area contributed by atoms with Crippen LogP contribution in [0.2, 0.25) is 0 Å². The highest BCUT2D eigenvalue weighted by Crippen LogP contribution is 2.35. The zero-order chi connectivity index (χ0) is 14.6. The van der Waals surface area contributed by atoms with E-state index in [0.717, 1.165) is 30.5 Å². The molecule has 0 unspecified atom stereocenters. The van der Waals surface area contributed by atoms with Crippen molar-refractivity contribution in [2.24, 2.45) is 5.73 Å². The number of carbonyl (C=O) groups is 1. The lowest BCUT2D eigenvalue weighted by Crippen LogP contribution is -2.48. The Labute approximate surface area is 140 Å². The van der Waals surface area contributed by atoms with E-state index in [9.17, 15) is 4.79 Å². The lowest BCUT2D eigenvalue weighted by Gasteiger charge is -2.38. The molecule has 21 heavy (non-hydrogen) atoms. The zero-order valence-corrected chi connectivity index (χ0v) is 14.5. The van der Waals surface area contributed by atoms with Gasteiger partial charge in [0, 0.05) is 29.6 Å². The molecule has 1 saturated heterocycles. The van der Waals surface area contributed by atoms with E-state index < -0.39 is 6.04 Å². The van der Waals surface area contributed by atoms with Crippen LogP contribution in [0.25, 0.3) is 0 Å². The van der Waals surface area contributed by atoms with Crippen LogP contribution in [-0.4, -0.2) is 31.7 Å². The van der Waals surface area contributed by atoms with E-state index in [2.05, 4.69) is 33.4 Å². The van der Waals surface area contributed by atoms with E-state index >= 15 is 0 Å². The molecule has 0 radical (unpaired) electrons. The van der Waals surface area contributed by atoms with Crippen molar-refractivity contribution in [2.75, 3.05) is 19.8 Å². The van der Waals surface area contributed by atoms with Crippen LogP contribution in [-0.2, 0) is 14.9 Å². The van der Waals surface area contributed by atoms with Gasteiger partial charge in [-0.15, -0.1) is 12.4 Å². The molecule has 118 valence electrons. The van der Waals surface area contributed by atoms with Gasteiger partial charge in [-0.3, -0.25) is 4.79 Å². The molecular weight excluding hydrogens is 356 g/mol. The molecule has 0 saturated carbocycles. The fourth-order valence-electron chi connectivity index (χ4n) is 2.57. The highest BCUT2D eigenvalue weighted by molar-refractivity contribution is 9.10. The molecule has 4 nitrogen and oxygen atoms in total. The third-order valence-electron chi connectivity index (χ3n) is 3.90. The molecule has 1 amide bonds. The second kappa shape index (κ2) is 8.13. The summed E-state index contributed by atoms with van der Waals surface area (Å²) in [6.45, 7) is 3.75. The van der Waals surface area contributed by atoms with Gasteiger partial charge in [-0.1, -0.05) is 28.1 Å². The van der Waals surface area contributed by atoms with Gasteiger partial charge in [0.2, 0.25) is 5.91 Å². The molecule has 6 heteroatoms. The molecule has 0 bridgehead atoms. The van der Waals surface area contributed by atoms with Gasteiger partial charge in [0.25, 0.3) is 0 Å². The van der Waals surface area contributed by atoms with Crippen LogP contribution in [0.1, 0.15) is 25.3 Å². The summed E-state index contributed by atoms with van der Waals surface area (Å²) in [6.07, 6.45) is 1.81. The second-order valence-corrected chi connectivity index (χ2v) is 6.33. The molecule has 1 fully saturated rings. The van der Waals surface area contributed by atoms with Crippen LogP contribution in [0.3, 0.4) is 0 Å². The number of amides is 1. The number of hydrogen-bond acceptors (Lipinski definition) is 3. The van der Waals surface area contributed by atoms with Gasteiger partial charge in [0.1, 0.15) is 0 Å². The van der Waals surface area contributed by atoms with E-state index in [0.29, 0.717) is 6.54 Å². The Bertz CT molecular complexity index is 476. The fourth-order valence-corrected chi connectivity index (χ4v) is 2.96. The molecule has 0 aromatic heterocycles. The summed E-state index contributed by atoms with van der Waals surface area (Å²) in [4.78, 5) is 11.7. The monoisotopic (exact) mass is 376 g/mol. The average Bonchev–Trinajstić information content (AvgIpc) is 2.45. The highest BCUT2D eigenvalue weighted by atomic mass is 79.9. The van der Waals surface area contributed by atoms with E-state index in [1.165, 1.54) is 5.56 Å². The zero-order valence-electron chi connectivity index (χ0n) is 12.1. The smallest absolute Gasteiger partial charge is 0.236 e. The quantitative estimate of drug-likeness (QED) is 0.847. The Kier molecular flexibility index (Phi) is 7.13. The minimum absolute atomic E-state index is 0. The number of ether oxygens (including phenoxy) is 1. The van der Waals surface area contributed by atoms with E-state index in [-0.39, 0.29) is 23.7 Å². The van der Waals surface area contributed by atoms with Crippen LogP contribution in [0.4, 0.5) is 0 Å². The molecule has 1 aromatic carbocycles. The van der Waals surface area contributed by atoms with E-state index in [1.807, 2.05) is 12.1 Å². The van der Waals surface area contributed by atoms with E-state index in [4.69, 9.17) is 10.5 Å². The van der Waals surface area contributed by atoms with Crippen molar-refractivity contribution >= 4 is 34.2 Å². The normalized spacial score (nSPS) is 18.4. The van der Waals surface area contributed by atoms with Gasteiger partial charge in [-0.05, 0) is 37.5 Å². The molecule has 0 aliphatic carbocycles. The molecule has 1 aliphatic rings. The molecule has 2 rings (SSSR count). The first-order valence-electron chi connectivity index (χ1n) is 6.91. The predicted octanol–water partition coefficient (Wildman–Crippen LogP) is 2.38. The molecule has 1 aromatic rings. The maximum Gasteiger partial charge on any atom is 0.236 e. The van der Waals surface area contributed by atoms with Crippen molar-refractivity contribution in [3.05, 3.63) is 34.3 Å². The summed E-state index contributed by atoms with van der Waals surface area (Å²) >= 11 is 3.52. The van der Waals surface area contributed by atoms with Crippen LogP contribution >= 0.6 is 28.3 Å². The van der Waals surface area contributed by atoms with Gasteiger partial charge < -0.3 is 15.8 Å². The van der Waals surface area contributed by atoms with Crippen molar-refractivity contribution in [2.45, 2.75) is 31.2 Å². The van der Waals surface area contributed by atoms with Gasteiger partial charge in [-0.25, -0.2) is 0 Å². The topological polar surface area (TPSA) is 64.4 Å². The van der Waals surface area contributed by atoms with Gasteiger partial charge in [0.05, 0.1) is 6.04 Å². The third-order valence-corrected chi connectivity index (χ3v) is 4.39. The Balaban J connectivity index is 0.00000220. The summed E-state index contributed by atoms with van der Waals surface area (Å²) in [5, 5.41) is 2.98. The number of hydrogen-bond donors (Lipinski definition) is 2. The average molecular weight is 378 g/mol. The Morgan fingerprint density at radius 2 is 2.14 bits per heavy atom. The van der Waals surface area contributed by atoms with Gasteiger partial charge in [0.15, 0.2) is 0 Å². The maximum absolute atomic E-state index is 11.7. The van der Waals surface area contributed by atoms with Crippen LogP contribution in [0, 0.1) is 0 Å². The summed E-state index contributed by atoms with van der Waals surface area (Å²) in [7, 11) is 0. The number of rotatable bonds is 4. The molecule has 1 aliphatic heterocycles. The number of nitrogens with one attached hydrogen (secondary N) is 1. The summed E-state index contributed by atoms with van der Waals surface area (Å²) < 4.78 is 6.54. The van der Waals surface area contributed by atoms with Crippen molar-refractivity contribution in [3.63, 3.8) is 0 Å².